The Kier molecular flexibility index (Phi) is 3.21. The molecule has 0 saturated carbocycles. The molecule has 0 saturated heterocycles. The van der Waals surface area contributed by atoms with Crippen molar-refractivity contribution >= 4 is 0 Å². The van der Waals surface area contributed by atoms with Gasteiger partial charge in [0.1, 0.15) is 0 Å². The summed E-state index contributed by atoms with van der Waals surface area (Å²) in [7, 11) is 0. The van der Waals surface area contributed by atoms with E-state index in [9.17, 15) is 5.26 Å². The van der Waals surface area contributed by atoms with Crippen LogP contribution >= 0.6 is 0 Å². The van der Waals surface area contributed by atoms with Crippen molar-refractivity contribution in [1.82, 2.24) is 0 Å². The fourth-order valence-corrected chi connectivity index (χ4v) is 2.30. The molecule has 1 aromatic rings. The third kappa shape index (κ3) is 2.15. The molecule has 0 radical (unpaired) electrons. The van der Waals surface area contributed by atoms with Gasteiger partial charge in [-0.15, -0.1) is 0 Å². The Morgan fingerprint density at radius 3 is 2.33 bits per heavy atom. The van der Waals surface area contributed by atoms with Crippen molar-refractivity contribution in [2.24, 2.45) is 22.1 Å². The molecule has 0 N–H and O–H groups in total. The van der Waals surface area contributed by atoms with E-state index in [4.69, 9.17) is 0 Å². The second kappa shape index (κ2) is 4.53. The SMILES string of the molecule is CC(C)Cc1ccc(C#N)c(C2(C(C)C)N=N2)c1. The smallest absolute Gasteiger partial charge is 0.192 e. The minimum atomic E-state index is -0.460. The average Bonchev–Trinajstić information content (AvgIpc) is 3.09. The molecular weight excluding hydrogens is 222 g/mol. The van der Waals surface area contributed by atoms with Crippen LogP contribution in [0, 0.1) is 23.2 Å². The molecule has 3 nitrogen and oxygen atoms in total. The van der Waals surface area contributed by atoms with E-state index >= 15 is 0 Å². The van der Waals surface area contributed by atoms with E-state index in [0.29, 0.717) is 17.4 Å². The fourth-order valence-electron chi connectivity index (χ4n) is 2.30. The van der Waals surface area contributed by atoms with Crippen LogP contribution in [0.25, 0.3) is 0 Å². The third-order valence-electron chi connectivity index (χ3n) is 3.37. The molecule has 1 aromatic carbocycles. The number of hydrogen-bond acceptors (Lipinski definition) is 3. The minimum Gasteiger partial charge on any atom is -0.192 e. The highest BCUT2D eigenvalue weighted by Crippen LogP contribution is 2.47. The zero-order valence-electron chi connectivity index (χ0n) is 11.4. The van der Waals surface area contributed by atoms with Crippen LogP contribution in [-0.2, 0) is 12.1 Å². The van der Waals surface area contributed by atoms with Gasteiger partial charge in [-0.25, -0.2) is 0 Å². The van der Waals surface area contributed by atoms with E-state index in [-0.39, 0.29) is 0 Å². The van der Waals surface area contributed by atoms with Gasteiger partial charge in [-0.2, -0.15) is 15.5 Å². The van der Waals surface area contributed by atoms with Crippen molar-refractivity contribution in [3.63, 3.8) is 0 Å². The van der Waals surface area contributed by atoms with Gasteiger partial charge in [0.15, 0.2) is 0 Å². The Bertz CT molecular complexity index is 515. The molecule has 1 aliphatic heterocycles. The summed E-state index contributed by atoms with van der Waals surface area (Å²) in [6.07, 6.45) is 1.02. The third-order valence-corrected chi connectivity index (χ3v) is 3.37. The Balaban J connectivity index is 2.42. The maximum absolute atomic E-state index is 9.23. The van der Waals surface area contributed by atoms with Gasteiger partial charge in [0, 0.05) is 11.5 Å². The lowest BCUT2D eigenvalue weighted by Crippen LogP contribution is -2.18. The molecule has 1 heterocycles. The van der Waals surface area contributed by atoms with Gasteiger partial charge in [-0.3, -0.25) is 0 Å². The van der Waals surface area contributed by atoms with E-state index in [2.05, 4.69) is 50.1 Å². The second-order valence-electron chi connectivity index (χ2n) is 5.67. The van der Waals surface area contributed by atoms with Crippen molar-refractivity contribution in [2.45, 2.75) is 39.8 Å². The maximum atomic E-state index is 9.23. The van der Waals surface area contributed by atoms with Gasteiger partial charge in [0.05, 0.1) is 11.6 Å². The average molecular weight is 241 g/mol. The van der Waals surface area contributed by atoms with Crippen LogP contribution in [0.15, 0.2) is 28.4 Å². The summed E-state index contributed by atoms with van der Waals surface area (Å²) in [5.41, 5.74) is 2.47. The van der Waals surface area contributed by atoms with E-state index < -0.39 is 5.66 Å². The Morgan fingerprint density at radius 2 is 1.89 bits per heavy atom. The number of nitriles is 1. The van der Waals surface area contributed by atoms with E-state index in [0.717, 1.165) is 12.0 Å². The summed E-state index contributed by atoms with van der Waals surface area (Å²) in [5.74, 6) is 0.896. The normalized spacial score (nSPS) is 16.1. The molecule has 0 aromatic heterocycles. The van der Waals surface area contributed by atoms with Crippen molar-refractivity contribution in [3.8, 4) is 6.07 Å². The Hall–Kier alpha value is -1.69. The highest BCUT2D eigenvalue weighted by Gasteiger charge is 2.47. The van der Waals surface area contributed by atoms with Crippen molar-refractivity contribution in [1.29, 1.82) is 5.26 Å². The maximum Gasteiger partial charge on any atom is 0.219 e. The summed E-state index contributed by atoms with van der Waals surface area (Å²) in [4.78, 5) is 0. The van der Waals surface area contributed by atoms with Crippen LogP contribution in [0.2, 0.25) is 0 Å². The molecule has 0 bridgehead atoms. The van der Waals surface area contributed by atoms with Gasteiger partial charge >= 0.3 is 0 Å². The van der Waals surface area contributed by atoms with Crippen LogP contribution < -0.4 is 0 Å². The van der Waals surface area contributed by atoms with Crippen LogP contribution in [0.3, 0.4) is 0 Å². The molecule has 18 heavy (non-hydrogen) atoms. The van der Waals surface area contributed by atoms with Crippen LogP contribution in [0.4, 0.5) is 0 Å². The standard InChI is InChI=1S/C15H19N3/c1-10(2)7-12-5-6-13(9-16)14(8-12)15(11(3)4)17-18-15/h5-6,8,10-11H,7H2,1-4H3. The molecule has 0 spiro atoms. The van der Waals surface area contributed by atoms with Crippen LogP contribution in [-0.4, -0.2) is 0 Å². The van der Waals surface area contributed by atoms with E-state index in [1.54, 1.807) is 0 Å². The van der Waals surface area contributed by atoms with Crippen molar-refractivity contribution in [3.05, 3.63) is 34.9 Å². The Morgan fingerprint density at radius 1 is 1.22 bits per heavy atom. The summed E-state index contributed by atoms with van der Waals surface area (Å²) >= 11 is 0. The first kappa shape index (κ1) is 12.8. The quantitative estimate of drug-likeness (QED) is 0.785. The first-order valence-corrected chi connectivity index (χ1v) is 6.47. The summed E-state index contributed by atoms with van der Waals surface area (Å²) in [6.45, 7) is 8.58. The molecule has 0 amide bonds. The molecule has 3 heteroatoms. The van der Waals surface area contributed by atoms with Crippen molar-refractivity contribution < 1.29 is 0 Å². The molecule has 2 rings (SSSR count). The number of benzene rings is 1. The monoisotopic (exact) mass is 241 g/mol. The summed E-state index contributed by atoms with van der Waals surface area (Å²) < 4.78 is 0. The lowest BCUT2D eigenvalue weighted by atomic mass is 9.87. The van der Waals surface area contributed by atoms with Gasteiger partial charge in [0.2, 0.25) is 5.66 Å². The predicted molar refractivity (Wildman–Crippen MR) is 71.1 cm³/mol. The molecule has 94 valence electrons. The van der Waals surface area contributed by atoms with E-state index in [1.165, 1.54) is 5.56 Å². The largest absolute Gasteiger partial charge is 0.219 e. The highest BCUT2D eigenvalue weighted by molar-refractivity contribution is 5.46. The van der Waals surface area contributed by atoms with Gasteiger partial charge < -0.3 is 0 Å². The molecular formula is C15H19N3. The predicted octanol–water partition coefficient (Wildman–Crippen LogP) is 4.03. The fraction of sp³-hybridized carbons (Fsp3) is 0.533. The van der Waals surface area contributed by atoms with Gasteiger partial charge in [-0.05, 0) is 30.0 Å². The molecule has 0 fully saturated rings. The van der Waals surface area contributed by atoms with Gasteiger partial charge in [-0.1, -0.05) is 33.8 Å². The zero-order valence-corrected chi connectivity index (χ0v) is 11.4. The topological polar surface area (TPSA) is 48.5 Å². The van der Waals surface area contributed by atoms with Crippen LogP contribution in [0.1, 0.15) is 44.4 Å². The highest BCUT2D eigenvalue weighted by atomic mass is 15.4. The number of hydrogen-bond donors (Lipinski definition) is 0. The molecule has 0 aliphatic carbocycles. The second-order valence-corrected chi connectivity index (χ2v) is 5.67. The zero-order chi connectivity index (χ0) is 13.3. The lowest BCUT2D eigenvalue weighted by molar-refractivity contribution is 0.449. The van der Waals surface area contributed by atoms with E-state index in [1.807, 2.05) is 12.1 Å². The van der Waals surface area contributed by atoms with Crippen molar-refractivity contribution in [2.75, 3.05) is 0 Å². The molecule has 0 atom stereocenters. The lowest BCUT2D eigenvalue weighted by Gasteiger charge is -2.17. The Labute approximate surface area is 109 Å². The first-order valence-electron chi connectivity index (χ1n) is 6.47. The summed E-state index contributed by atoms with van der Waals surface area (Å²) in [5, 5.41) is 17.6. The van der Waals surface area contributed by atoms with Crippen LogP contribution in [0.5, 0.6) is 0 Å². The molecule has 1 aliphatic rings. The number of nitrogens with zero attached hydrogens (tertiary/aromatic N) is 3. The minimum absolute atomic E-state index is 0.291. The van der Waals surface area contributed by atoms with Gasteiger partial charge in [0.25, 0.3) is 0 Å². The number of rotatable bonds is 4. The first-order chi connectivity index (χ1) is 8.49. The molecule has 0 unspecified atom stereocenters. The summed E-state index contributed by atoms with van der Waals surface area (Å²) in [6, 6.07) is 8.31.